The highest BCUT2D eigenvalue weighted by atomic mass is 19.1. The van der Waals surface area contributed by atoms with E-state index in [4.69, 9.17) is 5.11 Å². The summed E-state index contributed by atoms with van der Waals surface area (Å²) in [5.74, 6) is -1.19. The molecule has 0 aromatic heterocycles. The summed E-state index contributed by atoms with van der Waals surface area (Å²) in [6, 6.07) is 5.89. The van der Waals surface area contributed by atoms with Crippen molar-refractivity contribution >= 4 is 0 Å². The highest BCUT2D eigenvalue weighted by Crippen LogP contribution is 2.18. The van der Waals surface area contributed by atoms with Crippen LogP contribution in [0.5, 0.6) is 0 Å². The fraction of sp³-hybridized carbons (Fsp3) is 0.333. The van der Waals surface area contributed by atoms with Crippen LogP contribution in [0.1, 0.15) is 11.5 Å². The second-order valence-corrected chi connectivity index (χ2v) is 2.56. The summed E-state index contributed by atoms with van der Waals surface area (Å²) in [5.41, 5.74) is 0.238. The Labute approximate surface area is 69.7 Å². The molecular formula is C9H10F2O. The van der Waals surface area contributed by atoms with E-state index < -0.39 is 18.4 Å². The van der Waals surface area contributed by atoms with Crippen molar-refractivity contribution in [1.82, 2.24) is 0 Å². The average Bonchev–Trinajstić information content (AvgIpc) is 2.10. The summed E-state index contributed by atoms with van der Waals surface area (Å²) < 4.78 is 25.1. The number of halogens is 2. The SMILES string of the molecule is OCC(CF)c1ccccc1F. The first-order chi connectivity index (χ1) is 5.79. The van der Waals surface area contributed by atoms with Gasteiger partial charge in [-0.15, -0.1) is 0 Å². The smallest absolute Gasteiger partial charge is 0.126 e. The van der Waals surface area contributed by atoms with Gasteiger partial charge < -0.3 is 5.11 Å². The van der Waals surface area contributed by atoms with Gasteiger partial charge in [0.25, 0.3) is 0 Å². The molecule has 66 valence electrons. The summed E-state index contributed by atoms with van der Waals surface area (Å²) in [6.07, 6.45) is 0. The molecule has 0 saturated carbocycles. The second-order valence-electron chi connectivity index (χ2n) is 2.56. The van der Waals surface area contributed by atoms with E-state index in [1.165, 1.54) is 18.2 Å². The van der Waals surface area contributed by atoms with Gasteiger partial charge in [-0.3, -0.25) is 4.39 Å². The Morgan fingerprint density at radius 1 is 1.33 bits per heavy atom. The molecule has 1 nitrogen and oxygen atoms in total. The Morgan fingerprint density at radius 2 is 2.00 bits per heavy atom. The summed E-state index contributed by atoms with van der Waals surface area (Å²) in [4.78, 5) is 0. The fourth-order valence-electron chi connectivity index (χ4n) is 1.04. The molecule has 1 N–H and O–H groups in total. The van der Waals surface area contributed by atoms with Crippen molar-refractivity contribution in [2.45, 2.75) is 5.92 Å². The highest BCUT2D eigenvalue weighted by molar-refractivity contribution is 5.21. The first-order valence-corrected chi connectivity index (χ1v) is 3.70. The molecule has 0 aliphatic carbocycles. The third-order valence-corrected chi connectivity index (χ3v) is 1.75. The fourth-order valence-corrected chi connectivity index (χ4v) is 1.04. The Balaban J connectivity index is 2.92. The molecule has 0 amide bonds. The van der Waals surface area contributed by atoms with Crippen LogP contribution in [0.15, 0.2) is 24.3 Å². The molecule has 0 bridgehead atoms. The van der Waals surface area contributed by atoms with Crippen LogP contribution in [-0.2, 0) is 0 Å². The summed E-state index contributed by atoms with van der Waals surface area (Å²) >= 11 is 0. The van der Waals surface area contributed by atoms with Crippen molar-refractivity contribution in [3.63, 3.8) is 0 Å². The molecule has 0 aliphatic rings. The maximum atomic E-state index is 12.9. The minimum absolute atomic E-state index is 0.238. The minimum Gasteiger partial charge on any atom is -0.396 e. The molecule has 0 aliphatic heterocycles. The van der Waals surface area contributed by atoms with Gasteiger partial charge in [-0.1, -0.05) is 18.2 Å². The van der Waals surface area contributed by atoms with Gasteiger partial charge in [0, 0.05) is 5.92 Å². The van der Waals surface area contributed by atoms with E-state index in [1.54, 1.807) is 6.07 Å². The van der Waals surface area contributed by atoms with Gasteiger partial charge in [-0.2, -0.15) is 0 Å². The number of hydrogen-bond donors (Lipinski definition) is 1. The van der Waals surface area contributed by atoms with E-state index in [9.17, 15) is 8.78 Å². The third kappa shape index (κ3) is 1.80. The number of aliphatic hydroxyl groups is 1. The van der Waals surface area contributed by atoms with Crippen molar-refractivity contribution < 1.29 is 13.9 Å². The zero-order chi connectivity index (χ0) is 8.97. The lowest BCUT2D eigenvalue weighted by Gasteiger charge is -2.10. The van der Waals surface area contributed by atoms with E-state index in [0.717, 1.165) is 0 Å². The van der Waals surface area contributed by atoms with Crippen LogP contribution >= 0.6 is 0 Å². The second kappa shape index (κ2) is 4.16. The van der Waals surface area contributed by atoms with Crippen molar-refractivity contribution in [3.05, 3.63) is 35.6 Å². The van der Waals surface area contributed by atoms with Crippen molar-refractivity contribution in [1.29, 1.82) is 0 Å². The Bertz CT molecular complexity index is 246. The van der Waals surface area contributed by atoms with Crippen molar-refractivity contribution in [2.75, 3.05) is 13.3 Å². The number of rotatable bonds is 3. The van der Waals surface area contributed by atoms with Crippen molar-refractivity contribution in [2.24, 2.45) is 0 Å². The maximum Gasteiger partial charge on any atom is 0.126 e. The molecule has 12 heavy (non-hydrogen) atoms. The molecule has 1 rings (SSSR count). The van der Waals surface area contributed by atoms with E-state index in [1.807, 2.05) is 0 Å². The molecule has 1 unspecified atom stereocenters. The minimum atomic E-state index is -0.739. The standard InChI is InChI=1S/C9H10F2O/c10-5-7(6-12)8-3-1-2-4-9(8)11/h1-4,7,12H,5-6H2. The van der Waals surface area contributed by atoms with Gasteiger partial charge >= 0.3 is 0 Å². The molecule has 1 aromatic carbocycles. The van der Waals surface area contributed by atoms with E-state index in [-0.39, 0.29) is 12.2 Å². The number of hydrogen-bond acceptors (Lipinski definition) is 1. The molecule has 3 heteroatoms. The molecule has 0 fully saturated rings. The topological polar surface area (TPSA) is 20.2 Å². The van der Waals surface area contributed by atoms with Crippen LogP contribution in [-0.4, -0.2) is 18.4 Å². The van der Waals surface area contributed by atoms with Gasteiger partial charge in [0.05, 0.1) is 13.3 Å². The first kappa shape index (κ1) is 9.13. The van der Waals surface area contributed by atoms with Gasteiger partial charge in [0.2, 0.25) is 0 Å². The van der Waals surface area contributed by atoms with Crippen LogP contribution in [0.25, 0.3) is 0 Å². The molecule has 0 spiro atoms. The highest BCUT2D eigenvalue weighted by Gasteiger charge is 2.13. The van der Waals surface area contributed by atoms with Crippen molar-refractivity contribution in [3.8, 4) is 0 Å². The van der Waals surface area contributed by atoms with Gasteiger partial charge in [0.15, 0.2) is 0 Å². The summed E-state index contributed by atoms with van der Waals surface area (Å²) in [7, 11) is 0. The van der Waals surface area contributed by atoms with Crippen LogP contribution in [0.3, 0.4) is 0 Å². The zero-order valence-electron chi connectivity index (χ0n) is 6.50. The molecule has 0 saturated heterocycles. The van der Waals surface area contributed by atoms with Gasteiger partial charge in [-0.25, -0.2) is 4.39 Å². The predicted octanol–water partition coefficient (Wildman–Crippen LogP) is 1.87. The van der Waals surface area contributed by atoms with Crippen LogP contribution < -0.4 is 0 Å². The van der Waals surface area contributed by atoms with E-state index >= 15 is 0 Å². The number of aliphatic hydroxyl groups excluding tert-OH is 1. The lowest BCUT2D eigenvalue weighted by molar-refractivity contribution is 0.238. The maximum absolute atomic E-state index is 12.9. The first-order valence-electron chi connectivity index (χ1n) is 3.70. The predicted molar refractivity (Wildman–Crippen MR) is 42.2 cm³/mol. The summed E-state index contributed by atoms with van der Waals surface area (Å²) in [5, 5.41) is 8.70. The normalized spacial score (nSPS) is 12.9. The lowest BCUT2D eigenvalue weighted by Crippen LogP contribution is -2.08. The number of benzene rings is 1. The average molecular weight is 172 g/mol. The Hall–Kier alpha value is -0.960. The van der Waals surface area contributed by atoms with Crippen LogP contribution in [0.4, 0.5) is 8.78 Å². The van der Waals surface area contributed by atoms with Gasteiger partial charge in [-0.05, 0) is 11.6 Å². The van der Waals surface area contributed by atoms with Gasteiger partial charge in [0.1, 0.15) is 5.82 Å². The molecule has 0 heterocycles. The van der Waals surface area contributed by atoms with E-state index in [0.29, 0.717) is 0 Å². The number of alkyl halides is 1. The molecule has 1 atom stereocenters. The monoisotopic (exact) mass is 172 g/mol. The van der Waals surface area contributed by atoms with Crippen LogP contribution in [0.2, 0.25) is 0 Å². The third-order valence-electron chi connectivity index (χ3n) is 1.75. The summed E-state index contributed by atoms with van der Waals surface area (Å²) in [6.45, 7) is -1.10. The lowest BCUT2D eigenvalue weighted by atomic mass is 10.0. The molecule has 1 aromatic rings. The Kier molecular flexibility index (Phi) is 3.17. The quantitative estimate of drug-likeness (QED) is 0.737. The zero-order valence-corrected chi connectivity index (χ0v) is 6.50. The van der Waals surface area contributed by atoms with Crippen LogP contribution in [0, 0.1) is 5.82 Å². The molecule has 0 radical (unpaired) electrons. The Morgan fingerprint density at radius 3 is 2.50 bits per heavy atom. The molecular weight excluding hydrogens is 162 g/mol. The van der Waals surface area contributed by atoms with E-state index in [2.05, 4.69) is 0 Å². The largest absolute Gasteiger partial charge is 0.396 e.